The van der Waals surface area contributed by atoms with Crippen LogP contribution in [-0.4, -0.2) is 75.0 Å². The van der Waals surface area contributed by atoms with Crippen molar-refractivity contribution in [1.29, 1.82) is 0 Å². The van der Waals surface area contributed by atoms with Crippen LogP contribution in [-0.2, 0) is 22.4 Å². The van der Waals surface area contributed by atoms with Crippen molar-refractivity contribution in [2.45, 2.75) is 19.5 Å². The standard InChI is InChI=1S/C15H24F3N5O2S2.HI/c1-2-19-14(21-5-6-23-7-9-27(24,25)10-8-23)20-4-3-13-22-12(11-26-13)15(16,17)18;/h11H,2-10H2,1H3,(H2,19,20,21);1H. The first-order valence-electron chi connectivity index (χ1n) is 8.66. The number of guanidine groups is 1. The molecule has 7 nitrogen and oxygen atoms in total. The molecule has 0 spiro atoms. The second kappa shape index (κ2) is 11.5. The highest BCUT2D eigenvalue weighted by Gasteiger charge is 2.33. The number of hydrogen-bond acceptors (Lipinski definition) is 6. The number of sulfone groups is 1. The molecule has 0 bridgehead atoms. The summed E-state index contributed by atoms with van der Waals surface area (Å²) in [5.41, 5.74) is -0.855. The first kappa shape index (κ1) is 25.4. The highest BCUT2D eigenvalue weighted by atomic mass is 127. The van der Waals surface area contributed by atoms with Gasteiger partial charge in [0.25, 0.3) is 0 Å². The lowest BCUT2D eigenvalue weighted by atomic mass is 10.4. The van der Waals surface area contributed by atoms with Crippen LogP contribution in [0.25, 0.3) is 0 Å². The van der Waals surface area contributed by atoms with Gasteiger partial charge in [-0.2, -0.15) is 13.2 Å². The molecule has 2 heterocycles. The molecule has 0 aliphatic carbocycles. The molecule has 1 fully saturated rings. The molecule has 1 aromatic rings. The number of aliphatic imine (C=N–C) groups is 1. The van der Waals surface area contributed by atoms with Gasteiger partial charge in [0, 0.05) is 44.5 Å². The molecule has 0 unspecified atom stereocenters. The van der Waals surface area contributed by atoms with E-state index in [1.54, 1.807) is 0 Å². The molecule has 0 amide bonds. The first-order valence-corrected chi connectivity index (χ1v) is 11.4. The summed E-state index contributed by atoms with van der Waals surface area (Å²) in [7, 11) is -2.89. The second-order valence-corrected chi connectivity index (χ2v) is 9.30. The zero-order chi connectivity index (χ0) is 19.9. The number of nitrogens with one attached hydrogen (secondary N) is 2. The van der Waals surface area contributed by atoms with Crippen molar-refractivity contribution in [3.63, 3.8) is 0 Å². The smallest absolute Gasteiger partial charge is 0.357 e. The normalized spacial score (nSPS) is 17.8. The van der Waals surface area contributed by atoms with Gasteiger partial charge >= 0.3 is 6.18 Å². The van der Waals surface area contributed by atoms with Crippen LogP contribution in [0.5, 0.6) is 0 Å². The van der Waals surface area contributed by atoms with E-state index in [2.05, 4.69) is 25.5 Å². The lowest BCUT2D eigenvalue weighted by Gasteiger charge is -2.25. The van der Waals surface area contributed by atoms with Gasteiger partial charge in [0.05, 0.1) is 23.1 Å². The third-order valence-corrected chi connectivity index (χ3v) is 6.46. The lowest BCUT2D eigenvalue weighted by molar-refractivity contribution is -0.140. The summed E-state index contributed by atoms with van der Waals surface area (Å²) in [4.78, 5) is 10.1. The molecule has 1 aliphatic rings. The van der Waals surface area contributed by atoms with Crippen molar-refractivity contribution in [3.8, 4) is 0 Å². The topological polar surface area (TPSA) is 86.7 Å². The van der Waals surface area contributed by atoms with Gasteiger partial charge in [0.15, 0.2) is 21.5 Å². The molecule has 0 saturated carbocycles. The van der Waals surface area contributed by atoms with Crippen LogP contribution in [0, 0.1) is 0 Å². The van der Waals surface area contributed by atoms with Crippen LogP contribution < -0.4 is 10.6 Å². The van der Waals surface area contributed by atoms with Gasteiger partial charge in [0.1, 0.15) is 0 Å². The van der Waals surface area contributed by atoms with Crippen LogP contribution in [0.4, 0.5) is 13.2 Å². The van der Waals surface area contributed by atoms with Crippen molar-refractivity contribution in [3.05, 3.63) is 16.1 Å². The molecule has 2 rings (SSSR count). The summed E-state index contributed by atoms with van der Waals surface area (Å²) in [5, 5.41) is 7.59. The van der Waals surface area contributed by atoms with Crippen LogP contribution in [0.15, 0.2) is 10.4 Å². The predicted molar refractivity (Wildman–Crippen MR) is 115 cm³/mol. The SMILES string of the molecule is CCNC(=NCCN1CCS(=O)(=O)CC1)NCCc1nc(C(F)(F)F)cs1.I. The van der Waals surface area contributed by atoms with Crippen LogP contribution in [0.3, 0.4) is 0 Å². The number of thiazole rings is 1. The molecule has 1 aromatic heterocycles. The molecule has 2 N–H and O–H groups in total. The fourth-order valence-electron chi connectivity index (χ4n) is 2.46. The number of rotatable bonds is 7. The Labute approximate surface area is 184 Å². The van der Waals surface area contributed by atoms with E-state index in [1.807, 2.05) is 6.92 Å². The number of halogens is 4. The van der Waals surface area contributed by atoms with Gasteiger partial charge in [-0.05, 0) is 6.92 Å². The van der Waals surface area contributed by atoms with Crippen molar-refractivity contribution in [1.82, 2.24) is 20.5 Å². The molecule has 1 saturated heterocycles. The number of hydrogen-bond donors (Lipinski definition) is 2. The van der Waals surface area contributed by atoms with Crippen LogP contribution in [0.2, 0.25) is 0 Å². The second-order valence-electron chi connectivity index (χ2n) is 6.06. The quantitative estimate of drug-likeness (QED) is 0.302. The monoisotopic (exact) mass is 555 g/mol. The Morgan fingerprint density at radius 2 is 2.00 bits per heavy atom. The van der Waals surface area contributed by atoms with E-state index in [-0.39, 0.29) is 35.5 Å². The summed E-state index contributed by atoms with van der Waals surface area (Å²) >= 11 is 0.991. The van der Waals surface area contributed by atoms with Crippen molar-refractivity contribution in [2.24, 2.45) is 4.99 Å². The maximum atomic E-state index is 12.5. The Bertz CT molecular complexity index is 726. The summed E-state index contributed by atoms with van der Waals surface area (Å²) in [6, 6.07) is 0. The van der Waals surface area contributed by atoms with E-state index in [0.717, 1.165) is 16.7 Å². The zero-order valence-electron chi connectivity index (χ0n) is 15.5. The number of aromatic nitrogens is 1. The summed E-state index contributed by atoms with van der Waals surface area (Å²) in [6.45, 7) is 5.20. The molecule has 0 radical (unpaired) electrons. The van der Waals surface area contributed by atoms with E-state index < -0.39 is 21.7 Å². The first-order chi connectivity index (χ1) is 12.7. The summed E-state index contributed by atoms with van der Waals surface area (Å²) in [5.74, 6) is 0.945. The third-order valence-electron chi connectivity index (χ3n) is 3.94. The Balaban J connectivity index is 0.00000392. The molecule has 13 heteroatoms. The minimum Gasteiger partial charge on any atom is -0.357 e. The maximum Gasteiger partial charge on any atom is 0.434 e. The lowest BCUT2D eigenvalue weighted by Crippen LogP contribution is -2.42. The van der Waals surface area contributed by atoms with Gasteiger partial charge in [-0.3, -0.25) is 9.89 Å². The van der Waals surface area contributed by atoms with Crippen LogP contribution in [0.1, 0.15) is 17.6 Å². The van der Waals surface area contributed by atoms with Gasteiger partial charge in [-0.15, -0.1) is 35.3 Å². The molecule has 0 atom stereocenters. The third kappa shape index (κ3) is 8.78. The fraction of sp³-hybridized carbons (Fsp3) is 0.733. The van der Waals surface area contributed by atoms with E-state index in [4.69, 9.17) is 0 Å². The average Bonchev–Trinajstić information content (AvgIpc) is 3.05. The Morgan fingerprint density at radius 3 is 2.57 bits per heavy atom. The van der Waals surface area contributed by atoms with E-state index in [9.17, 15) is 21.6 Å². The molecule has 0 aromatic carbocycles. The molecular weight excluding hydrogens is 530 g/mol. The molecule has 1 aliphatic heterocycles. The van der Waals surface area contributed by atoms with E-state index in [0.29, 0.717) is 56.7 Å². The highest BCUT2D eigenvalue weighted by molar-refractivity contribution is 14.0. The molecular formula is C15H25F3IN5O2S2. The van der Waals surface area contributed by atoms with Crippen LogP contribution >= 0.6 is 35.3 Å². The van der Waals surface area contributed by atoms with Gasteiger partial charge in [-0.1, -0.05) is 0 Å². The summed E-state index contributed by atoms with van der Waals surface area (Å²) < 4.78 is 60.5. The average molecular weight is 555 g/mol. The van der Waals surface area contributed by atoms with Crippen molar-refractivity contribution < 1.29 is 21.6 Å². The molecule has 28 heavy (non-hydrogen) atoms. The predicted octanol–water partition coefficient (Wildman–Crippen LogP) is 1.61. The number of alkyl halides is 3. The van der Waals surface area contributed by atoms with Gasteiger partial charge < -0.3 is 10.6 Å². The van der Waals surface area contributed by atoms with Gasteiger partial charge in [-0.25, -0.2) is 13.4 Å². The highest BCUT2D eigenvalue weighted by Crippen LogP contribution is 2.29. The Kier molecular flexibility index (Phi) is 10.4. The van der Waals surface area contributed by atoms with Gasteiger partial charge in [0.2, 0.25) is 0 Å². The number of nitrogens with zero attached hydrogens (tertiary/aromatic N) is 3. The maximum absolute atomic E-state index is 12.5. The molecule has 162 valence electrons. The van der Waals surface area contributed by atoms with Crippen molar-refractivity contribution in [2.75, 3.05) is 50.8 Å². The van der Waals surface area contributed by atoms with Crippen molar-refractivity contribution >= 4 is 51.1 Å². The Hall–Kier alpha value is -0.670. The largest absolute Gasteiger partial charge is 0.434 e. The fourth-order valence-corrected chi connectivity index (χ4v) is 4.54. The van der Waals surface area contributed by atoms with E-state index in [1.165, 1.54) is 0 Å². The minimum atomic E-state index is -4.41. The van der Waals surface area contributed by atoms with E-state index >= 15 is 0 Å². The Morgan fingerprint density at radius 1 is 1.32 bits per heavy atom. The minimum absolute atomic E-state index is 0. The summed E-state index contributed by atoms with van der Waals surface area (Å²) in [6.07, 6.45) is -4.04. The zero-order valence-corrected chi connectivity index (χ0v) is 19.4.